The van der Waals surface area contributed by atoms with Crippen molar-refractivity contribution in [2.45, 2.75) is 36.4 Å². The highest BCUT2D eigenvalue weighted by Gasteiger charge is 2.22. The summed E-state index contributed by atoms with van der Waals surface area (Å²) in [6.45, 7) is 1.61. The van der Waals surface area contributed by atoms with Crippen molar-refractivity contribution in [3.05, 3.63) is 59.6 Å². The Balaban J connectivity index is 1.35. The minimum atomic E-state index is 0.223. The summed E-state index contributed by atoms with van der Waals surface area (Å²) in [6, 6.07) is 16.1. The lowest BCUT2D eigenvalue weighted by Crippen LogP contribution is -2.16. The van der Waals surface area contributed by atoms with E-state index in [2.05, 4.69) is 31.4 Å². The van der Waals surface area contributed by atoms with Crippen molar-refractivity contribution < 1.29 is 9.26 Å². The first-order chi connectivity index (χ1) is 14.4. The van der Waals surface area contributed by atoms with Crippen LogP contribution in [0.2, 0.25) is 0 Å². The maximum atomic E-state index is 5.86. The molecule has 4 heterocycles. The van der Waals surface area contributed by atoms with Crippen molar-refractivity contribution in [2.75, 3.05) is 6.61 Å². The van der Waals surface area contributed by atoms with Crippen molar-refractivity contribution in [2.24, 2.45) is 0 Å². The molecule has 0 bridgehead atoms. The van der Waals surface area contributed by atoms with Crippen LogP contribution in [0.25, 0.3) is 22.0 Å². The third-order valence-corrected chi connectivity index (χ3v) is 6.70. The summed E-state index contributed by atoms with van der Waals surface area (Å²) in [5, 5.41) is 16.1. The van der Waals surface area contributed by atoms with E-state index in [4.69, 9.17) is 9.26 Å². The summed E-state index contributed by atoms with van der Waals surface area (Å²) >= 11 is 3.30. The highest BCUT2D eigenvalue weighted by atomic mass is 32.2. The van der Waals surface area contributed by atoms with E-state index >= 15 is 0 Å². The van der Waals surface area contributed by atoms with Gasteiger partial charge in [0.25, 0.3) is 0 Å². The molecule has 8 heteroatoms. The Morgan fingerprint density at radius 1 is 1.14 bits per heavy atom. The molecule has 148 valence electrons. The minimum absolute atomic E-state index is 0.223. The number of hydrogen-bond donors (Lipinski definition) is 0. The van der Waals surface area contributed by atoms with Gasteiger partial charge in [0.15, 0.2) is 16.7 Å². The maximum absolute atomic E-state index is 5.86. The molecule has 0 unspecified atom stereocenters. The van der Waals surface area contributed by atoms with Crippen LogP contribution in [0.4, 0.5) is 0 Å². The van der Waals surface area contributed by atoms with Crippen molar-refractivity contribution in [3.63, 3.8) is 0 Å². The monoisotopic (exact) mass is 424 g/mol. The van der Waals surface area contributed by atoms with Crippen LogP contribution in [0.5, 0.6) is 0 Å². The lowest BCUT2D eigenvalue weighted by atomic mass is 10.2. The maximum Gasteiger partial charge on any atom is 0.191 e. The summed E-state index contributed by atoms with van der Waals surface area (Å²) in [6.07, 6.45) is 2.42. The van der Waals surface area contributed by atoms with Gasteiger partial charge in [-0.1, -0.05) is 53.3 Å². The second-order valence-electron chi connectivity index (χ2n) is 6.87. The third kappa shape index (κ3) is 4.14. The Kier molecular flexibility index (Phi) is 5.47. The van der Waals surface area contributed by atoms with Crippen LogP contribution in [0.1, 0.15) is 18.5 Å². The summed E-state index contributed by atoms with van der Waals surface area (Å²) in [7, 11) is 0. The van der Waals surface area contributed by atoms with Crippen molar-refractivity contribution in [1.82, 2.24) is 19.9 Å². The highest BCUT2D eigenvalue weighted by molar-refractivity contribution is 7.98. The largest absolute Gasteiger partial charge is 0.376 e. The van der Waals surface area contributed by atoms with E-state index in [1.165, 1.54) is 0 Å². The zero-order valence-corrected chi connectivity index (χ0v) is 17.4. The summed E-state index contributed by atoms with van der Waals surface area (Å²) in [5.41, 5.74) is 1.91. The Bertz CT molecular complexity index is 1050. The Labute approximate surface area is 176 Å². The lowest BCUT2D eigenvalue weighted by molar-refractivity contribution is 0.0953. The van der Waals surface area contributed by atoms with Crippen LogP contribution < -0.4 is 0 Å². The van der Waals surface area contributed by atoms with Gasteiger partial charge >= 0.3 is 0 Å². The fourth-order valence-corrected chi connectivity index (χ4v) is 4.94. The second kappa shape index (κ2) is 8.52. The van der Waals surface area contributed by atoms with Crippen molar-refractivity contribution >= 4 is 23.1 Å². The molecule has 3 aromatic heterocycles. The lowest BCUT2D eigenvalue weighted by Gasteiger charge is -2.13. The number of aromatic nitrogens is 4. The van der Waals surface area contributed by atoms with Gasteiger partial charge in [-0.2, -0.15) is 0 Å². The van der Waals surface area contributed by atoms with Crippen molar-refractivity contribution in [1.29, 1.82) is 0 Å². The smallest absolute Gasteiger partial charge is 0.191 e. The molecule has 0 aliphatic carbocycles. The molecular formula is C21H20N4O2S2. The molecule has 0 saturated carbocycles. The predicted molar refractivity (Wildman–Crippen MR) is 114 cm³/mol. The first-order valence-corrected chi connectivity index (χ1v) is 11.5. The van der Waals surface area contributed by atoms with Gasteiger partial charge in [0, 0.05) is 24.0 Å². The fraction of sp³-hybridized carbons (Fsp3) is 0.286. The van der Waals surface area contributed by atoms with Gasteiger partial charge in [-0.15, -0.1) is 21.5 Å². The zero-order chi connectivity index (χ0) is 19.5. The molecule has 6 nitrogen and oxygen atoms in total. The molecule has 29 heavy (non-hydrogen) atoms. The Hall–Kier alpha value is -2.42. The van der Waals surface area contributed by atoms with Gasteiger partial charge in [-0.05, 0) is 24.3 Å². The molecule has 1 saturated heterocycles. The quantitative estimate of drug-likeness (QED) is 0.383. The molecule has 0 spiro atoms. The zero-order valence-electron chi connectivity index (χ0n) is 15.7. The molecule has 4 aromatic rings. The van der Waals surface area contributed by atoms with E-state index in [1.54, 1.807) is 23.1 Å². The topological polar surface area (TPSA) is 66.0 Å². The molecule has 0 N–H and O–H groups in total. The summed E-state index contributed by atoms with van der Waals surface area (Å²) < 4.78 is 13.6. The molecule has 1 aliphatic heterocycles. The Morgan fingerprint density at radius 3 is 2.86 bits per heavy atom. The average Bonchev–Trinajstić information content (AvgIpc) is 3.54. The second-order valence-corrected chi connectivity index (χ2v) is 8.76. The number of thioether (sulfide) groups is 1. The van der Waals surface area contributed by atoms with Crippen LogP contribution >= 0.6 is 23.1 Å². The van der Waals surface area contributed by atoms with E-state index in [-0.39, 0.29) is 6.10 Å². The van der Waals surface area contributed by atoms with Crippen molar-refractivity contribution in [3.8, 4) is 22.0 Å². The predicted octanol–water partition coefficient (Wildman–Crippen LogP) is 5.13. The molecule has 1 fully saturated rings. The van der Waals surface area contributed by atoms with Gasteiger partial charge in [0.1, 0.15) is 0 Å². The Morgan fingerprint density at radius 2 is 2.07 bits per heavy atom. The molecule has 5 rings (SSSR count). The fourth-order valence-electron chi connectivity index (χ4n) is 3.40. The summed E-state index contributed by atoms with van der Waals surface area (Å²) in [5.74, 6) is 2.36. The van der Waals surface area contributed by atoms with Gasteiger partial charge in [-0.3, -0.25) is 4.57 Å². The first-order valence-electron chi connectivity index (χ1n) is 9.59. The van der Waals surface area contributed by atoms with E-state index in [0.29, 0.717) is 5.75 Å². The van der Waals surface area contributed by atoms with Crippen LogP contribution in [0.3, 0.4) is 0 Å². The van der Waals surface area contributed by atoms with Gasteiger partial charge < -0.3 is 9.26 Å². The van der Waals surface area contributed by atoms with E-state index < -0.39 is 0 Å². The molecular weight excluding hydrogens is 404 g/mol. The van der Waals surface area contributed by atoms with E-state index in [9.17, 15) is 0 Å². The summed E-state index contributed by atoms with van der Waals surface area (Å²) in [4.78, 5) is 1.12. The number of hydrogen-bond acceptors (Lipinski definition) is 7. The van der Waals surface area contributed by atoms with Crippen LogP contribution in [-0.4, -0.2) is 32.6 Å². The SMILES string of the molecule is c1ccc(-c2cc(CSc3nnc(-c4cccs4)n3C[C@H]3CCCO3)no2)cc1. The average molecular weight is 425 g/mol. The number of rotatable bonds is 7. The van der Waals surface area contributed by atoms with Crippen LogP contribution in [-0.2, 0) is 17.0 Å². The van der Waals surface area contributed by atoms with E-state index in [0.717, 1.165) is 58.9 Å². The van der Waals surface area contributed by atoms with Crippen LogP contribution in [0.15, 0.2) is 63.6 Å². The molecule has 1 atom stereocenters. The molecule has 0 amide bonds. The molecule has 1 aromatic carbocycles. The van der Waals surface area contributed by atoms with Gasteiger partial charge in [0.05, 0.1) is 23.2 Å². The van der Waals surface area contributed by atoms with Crippen LogP contribution in [0, 0.1) is 0 Å². The number of ether oxygens (including phenoxy) is 1. The number of nitrogens with zero attached hydrogens (tertiary/aromatic N) is 4. The first kappa shape index (κ1) is 18.6. The molecule has 0 radical (unpaired) electrons. The number of benzene rings is 1. The standard InChI is InChI=1S/C21H20N4O2S2/c1-2-6-15(7-3-1)18-12-16(24-27-18)14-29-21-23-22-20(19-9-5-11-28-19)25(21)13-17-8-4-10-26-17/h1-3,5-7,9,11-12,17H,4,8,10,13-14H2/t17-/m1/s1. The normalized spacial score (nSPS) is 16.5. The third-order valence-electron chi connectivity index (χ3n) is 4.84. The molecule has 1 aliphatic rings. The van der Waals surface area contributed by atoms with E-state index in [1.807, 2.05) is 42.5 Å². The van der Waals surface area contributed by atoms with Gasteiger partial charge in [-0.25, -0.2) is 0 Å². The number of thiophene rings is 1. The minimum Gasteiger partial charge on any atom is -0.376 e. The van der Waals surface area contributed by atoms with Gasteiger partial charge in [0.2, 0.25) is 0 Å². The highest BCUT2D eigenvalue weighted by Crippen LogP contribution is 2.31.